The molecule has 2 N–H and O–H groups in total. The number of halogens is 1. The molecule has 1 unspecified atom stereocenters. The number of aromatic nitrogens is 1. The number of hydrogen-bond acceptors (Lipinski definition) is 7. The summed E-state index contributed by atoms with van der Waals surface area (Å²) in [5, 5.41) is 13.9. The number of pyridine rings is 1. The number of phenolic OH excluding ortho intramolecular Hbond substituents is 1. The van der Waals surface area contributed by atoms with Crippen molar-refractivity contribution in [2.24, 2.45) is 9.98 Å². The highest BCUT2D eigenvalue weighted by Gasteiger charge is 2.40. The number of guanidine groups is 1. The largest absolute Gasteiger partial charge is 0.508 e. The molecular formula is C29H21ClN6O2. The Morgan fingerprint density at radius 2 is 1.55 bits per heavy atom. The fraction of sp³-hybridized carbons (Fsp3) is 0.0345. The molecule has 0 saturated heterocycles. The zero-order valence-corrected chi connectivity index (χ0v) is 20.7. The van der Waals surface area contributed by atoms with Crippen molar-refractivity contribution in [3.8, 4) is 5.75 Å². The second-order valence-corrected chi connectivity index (χ2v) is 9.08. The number of carbonyl (C=O) groups is 1. The van der Waals surface area contributed by atoms with Crippen molar-refractivity contribution in [2.45, 2.75) is 6.04 Å². The maximum Gasteiger partial charge on any atom is 0.271 e. The van der Waals surface area contributed by atoms with E-state index in [2.05, 4.69) is 10.4 Å². The predicted octanol–water partition coefficient (Wildman–Crippen LogP) is 5.22. The van der Waals surface area contributed by atoms with E-state index in [0.717, 1.165) is 16.7 Å². The van der Waals surface area contributed by atoms with Crippen molar-refractivity contribution in [3.63, 3.8) is 0 Å². The van der Waals surface area contributed by atoms with Gasteiger partial charge in [-0.2, -0.15) is 10.1 Å². The fourth-order valence-electron chi connectivity index (χ4n) is 4.31. The van der Waals surface area contributed by atoms with Gasteiger partial charge in [-0.05, 0) is 60.2 Å². The Labute approximate surface area is 223 Å². The molecule has 38 heavy (non-hydrogen) atoms. The predicted molar refractivity (Wildman–Crippen MR) is 146 cm³/mol. The Balaban J connectivity index is 1.48. The minimum atomic E-state index is -0.383. The van der Waals surface area contributed by atoms with Gasteiger partial charge in [0.1, 0.15) is 11.8 Å². The zero-order valence-electron chi connectivity index (χ0n) is 19.9. The van der Waals surface area contributed by atoms with Gasteiger partial charge in [0, 0.05) is 34.1 Å². The summed E-state index contributed by atoms with van der Waals surface area (Å²) in [5.41, 5.74) is 6.71. The topological polar surface area (TPSA) is 93.4 Å². The summed E-state index contributed by atoms with van der Waals surface area (Å²) < 4.78 is 0. The number of benzene rings is 3. The van der Waals surface area contributed by atoms with E-state index in [1.807, 2.05) is 65.7 Å². The molecule has 0 aliphatic carbocycles. The van der Waals surface area contributed by atoms with Crippen molar-refractivity contribution < 1.29 is 9.90 Å². The Hall–Kier alpha value is -4.95. The normalized spacial score (nSPS) is 16.3. The number of carbonyl (C=O) groups excluding carboxylic acids is 1. The van der Waals surface area contributed by atoms with Crippen LogP contribution in [-0.4, -0.2) is 37.9 Å². The van der Waals surface area contributed by atoms with E-state index < -0.39 is 0 Å². The van der Waals surface area contributed by atoms with Crippen LogP contribution in [0.2, 0.25) is 5.02 Å². The third kappa shape index (κ3) is 4.49. The first-order chi connectivity index (χ1) is 18.6. The average Bonchev–Trinajstić information content (AvgIpc) is 3.32. The van der Waals surface area contributed by atoms with E-state index in [-0.39, 0.29) is 17.7 Å². The molecule has 1 atom stereocenters. The second kappa shape index (κ2) is 9.84. The van der Waals surface area contributed by atoms with Crippen LogP contribution < -0.4 is 5.43 Å². The highest BCUT2D eigenvalue weighted by atomic mass is 35.5. The van der Waals surface area contributed by atoms with E-state index in [9.17, 15) is 9.90 Å². The van der Waals surface area contributed by atoms with Crippen LogP contribution in [0.5, 0.6) is 5.75 Å². The molecule has 3 aromatic carbocycles. The number of fused-ring (bicyclic) bond motifs is 1. The van der Waals surface area contributed by atoms with Crippen LogP contribution in [0.3, 0.4) is 0 Å². The molecule has 0 fully saturated rings. The highest BCUT2D eigenvalue weighted by molar-refractivity contribution is 6.30. The van der Waals surface area contributed by atoms with Crippen molar-refractivity contribution >= 4 is 35.0 Å². The minimum Gasteiger partial charge on any atom is -0.508 e. The molecule has 2 aliphatic rings. The molecule has 2 aliphatic heterocycles. The molecular weight excluding hydrogens is 500 g/mol. The van der Waals surface area contributed by atoms with Crippen LogP contribution in [0.1, 0.15) is 33.1 Å². The molecule has 0 radical (unpaired) electrons. The van der Waals surface area contributed by atoms with Gasteiger partial charge >= 0.3 is 0 Å². The summed E-state index contributed by atoms with van der Waals surface area (Å²) in [4.78, 5) is 27.0. The first-order valence-electron chi connectivity index (χ1n) is 11.9. The number of nitrogens with zero attached hydrogens (tertiary/aromatic N) is 5. The molecule has 8 nitrogen and oxygen atoms in total. The van der Waals surface area contributed by atoms with E-state index in [1.165, 1.54) is 0 Å². The van der Waals surface area contributed by atoms with Crippen LogP contribution in [0.25, 0.3) is 5.70 Å². The number of amidine groups is 1. The second-order valence-electron chi connectivity index (χ2n) is 8.64. The van der Waals surface area contributed by atoms with E-state index in [1.54, 1.807) is 53.9 Å². The van der Waals surface area contributed by atoms with Gasteiger partial charge in [0.25, 0.3) is 5.91 Å². The number of hydrazine groups is 2. The molecule has 4 aromatic rings. The molecule has 9 heteroatoms. The number of phenols is 1. The van der Waals surface area contributed by atoms with Gasteiger partial charge in [0.2, 0.25) is 5.96 Å². The Kier molecular flexibility index (Phi) is 6.07. The third-order valence-corrected chi connectivity index (χ3v) is 6.44. The van der Waals surface area contributed by atoms with Gasteiger partial charge in [-0.3, -0.25) is 9.78 Å². The molecule has 6 rings (SSSR count). The van der Waals surface area contributed by atoms with Crippen LogP contribution in [-0.2, 0) is 0 Å². The van der Waals surface area contributed by atoms with E-state index in [4.69, 9.17) is 21.6 Å². The number of amides is 1. The van der Waals surface area contributed by atoms with Crippen molar-refractivity contribution in [2.75, 3.05) is 0 Å². The lowest BCUT2D eigenvalue weighted by atomic mass is 10.0. The first-order valence-corrected chi connectivity index (χ1v) is 12.2. The van der Waals surface area contributed by atoms with Crippen LogP contribution >= 0.6 is 11.6 Å². The highest BCUT2D eigenvalue weighted by Crippen LogP contribution is 2.37. The zero-order chi connectivity index (χ0) is 26.1. The number of rotatable bonds is 5. The Bertz CT molecular complexity index is 1570. The van der Waals surface area contributed by atoms with E-state index in [0.29, 0.717) is 28.1 Å². The smallest absolute Gasteiger partial charge is 0.271 e. The lowest BCUT2D eigenvalue weighted by molar-refractivity contribution is 0.0442. The summed E-state index contributed by atoms with van der Waals surface area (Å²) in [6.07, 6.45) is 5.14. The monoisotopic (exact) mass is 520 g/mol. The van der Waals surface area contributed by atoms with Crippen LogP contribution in [0.15, 0.2) is 119 Å². The average molecular weight is 521 g/mol. The number of nitrogens with one attached hydrogen (secondary N) is 1. The first kappa shape index (κ1) is 23.4. The van der Waals surface area contributed by atoms with Gasteiger partial charge in [0.05, 0.1) is 5.70 Å². The summed E-state index contributed by atoms with van der Waals surface area (Å²) in [6.45, 7) is 0. The number of hydrogen-bond donors (Lipinski definition) is 2. The van der Waals surface area contributed by atoms with Gasteiger partial charge in [0.15, 0.2) is 5.84 Å². The van der Waals surface area contributed by atoms with Crippen LogP contribution in [0, 0.1) is 0 Å². The van der Waals surface area contributed by atoms with Gasteiger partial charge in [-0.15, -0.1) is 0 Å². The summed E-state index contributed by atoms with van der Waals surface area (Å²) in [7, 11) is 0. The number of aliphatic imine (C=N–C) groups is 2. The van der Waals surface area contributed by atoms with Gasteiger partial charge in [-0.25, -0.2) is 15.4 Å². The lowest BCUT2D eigenvalue weighted by Gasteiger charge is -2.38. The van der Waals surface area contributed by atoms with E-state index >= 15 is 0 Å². The minimum absolute atomic E-state index is 0.170. The van der Waals surface area contributed by atoms with Crippen molar-refractivity contribution in [1.29, 1.82) is 0 Å². The third-order valence-electron chi connectivity index (χ3n) is 6.18. The summed E-state index contributed by atoms with van der Waals surface area (Å²) in [6, 6.07) is 26.9. The molecule has 1 aromatic heterocycles. The fourth-order valence-corrected chi connectivity index (χ4v) is 4.44. The molecule has 1 amide bonds. The van der Waals surface area contributed by atoms with Crippen molar-refractivity contribution in [3.05, 3.63) is 137 Å². The Morgan fingerprint density at radius 3 is 2.26 bits per heavy atom. The summed E-state index contributed by atoms with van der Waals surface area (Å²) >= 11 is 6.20. The quantitative estimate of drug-likeness (QED) is 0.376. The maximum atomic E-state index is 13.3. The molecule has 0 spiro atoms. The summed E-state index contributed by atoms with van der Waals surface area (Å²) in [5.74, 6) is 0.778. The standard InChI is InChI=1S/C29H21ClN6O2/c30-23-10-6-20(7-11-23)26-18-25(19-8-12-24(37)13-9-19)32-29-33-27(21-4-2-1-3-5-21)36(35(26)29)34-28(38)22-14-16-31-17-15-22/h1-18,26,37H,(H,34,38). The van der Waals surface area contributed by atoms with Gasteiger partial charge < -0.3 is 5.11 Å². The molecule has 3 heterocycles. The van der Waals surface area contributed by atoms with Crippen LogP contribution in [0.4, 0.5) is 0 Å². The SMILES string of the molecule is O=C(NN1C(c2ccccc2)=NC2=NC(c3ccc(O)cc3)=CC(c3ccc(Cl)cc3)N21)c1ccncc1. The lowest BCUT2D eigenvalue weighted by Crippen LogP contribution is -2.55. The van der Waals surface area contributed by atoms with Crippen molar-refractivity contribution in [1.82, 2.24) is 20.5 Å². The maximum absolute atomic E-state index is 13.3. The Morgan fingerprint density at radius 1 is 0.842 bits per heavy atom. The number of aromatic hydroxyl groups is 1. The molecule has 186 valence electrons. The van der Waals surface area contributed by atoms with Gasteiger partial charge in [-0.1, -0.05) is 54.1 Å². The molecule has 0 bridgehead atoms. The molecule has 0 saturated carbocycles.